The van der Waals surface area contributed by atoms with Gasteiger partial charge in [-0.15, -0.1) is 5.10 Å². The monoisotopic (exact) mass is 328 g/mol. The van der Waals surface area contributed by atoms with Crippen LogP contribution in [0.5, 0.6) is 0 Å². The fourth-order valence-corrected chi connectivity index (χ4v) is 2.14. The van der Waals surface area contributed by atoms with Crippen molar-refractivity contribution in [3.8, 4) is 11.3 Å². The number of amides is 2. The number of primary amides is 1. The molecule has 1 unspecified atom stereocenters. The molecular formula is C13H15F3N6O. The third-order valence-corrected chi connectivity index (χ3v) is 3.16. The maximum absolute atomic E-state index is 13.0. The Labute approximate surface area is 129 Å². The van der Waals surface area contributed by atoms with Crippen LogP contribution in [-0.4, -0.2) is 26.0 Å². The molecule has 23 heavy (non-hydrogen) atoms. The highest BCUT2D eigenvalue weighted by Crippen LogP contribution is 2.36. The van der Waals surface area contributed by atoms with Crippen LogP contribution < -0.4 is 11.1 Å². The molecule has 0 radical (unpaired) electrons. The Morgan fingerprint density at radius 1 is 1.39 bits per heavy atom. The Hall–Kier alpha value is -2.65. The minimum absolute atomic E-state index is 0.0837. The molecule has 0 aliphatic heterocycles. The van der Waals surface area contributed by atoms with E-state index in [0.29, 0.717) is 11.3 Å². The van der Waals surface area contributed by atoms with Gasteiger partial charge in [-0.2, -0.15) is 23.4 Å². The number of halogens is 3. The lowest BCUT2D eigenvalue weighted by Gasteiger charge is -2.13. The smallest absolute Gasteiger partial charge is 0.352 e. The number of urea groups is 1. The first kappa shape index (κ1) is 16.7. The van der Waals surface area contributed by atoms with Crippen molar-refractivity contribution in [3.63, 3.8) is 0 Å². The van der Waals surface area contributed by atoms with Crippen LogP contribution in [0.1, 0.15) is 29.9 Å². The molecule has 2 rings (SSSR count). The summed E-state index contributed by atoms with van der Waals surface area (Å²) in [6, 6.07) is 0.312. The second-order valence-corrected chi connectivity index (χ2v) is 5.09. The predicted octanol–water partition coefficient (Wildman–Crippen LogP) is 1.93. The van der Waals surface area contributed by atoms with E-state index in [1.54, 1.807) is 19.9 Å². The van der Waals surface area contributed by atoms with Crippen molar-refractivity contribution in [1.29, 1.82) is 0 Å². The fourth-order valence-electron chi connectivity index (χ4n) is 2.14. The molecule has 0 saturated heterocycles. The number of nitrogens with two attached hydrogens (primary N) is 1. The van der Waals surface area contributed by atoms with Gasteiger partial charge in [0.25, 0.3) is 0 Å². The number of hydrogen-bond donors (Lipinski definition) is 2. The molecule has 2 amide bonds. The topological polar surface area (TPSA) is 98.7 Å². The lowest BCUT2D eigenvalue weighted by molar-refractivity contribution is -0.141. The maximum Gasteiger partial charge on any atom is 0.435 e. The van der Waals surface area contributed by atoms with Gasteiger partial charge in [0.1, 0.15) is 0 Å². The van der Waals surface area contributed by atoms with E-state index in [2.05, 4.69) is 20.6 Å². The molecule has 0 aliphatic carbocycles. The first-order chi connectivity index (χ1) is 10.6. The molecule has 1 atom stereocenters. The van der Waals surface area contributed by atoms with Crippen LogP contribution in [0.3, 0.4) is 0 Å². The van der Waals surface area contributed by atoms with E-state index in [0.717, 1.165) is 4.68 Å². The van der Waals surface area contributed by atoms with E-state index in [9.17, 15) is 18.0 Å². The van der Waals surface area contributed by atoms with E-state index in [4.69, 9.17) is 5.73 Å². The highest BCUT2D eigenvalue weighted by molar-refractivity contribution is 5.72. The Bertz CT molecular complexity index is 740. The first-order valence-corrected chi connectivity index (χ1v) is 6.61. The summed E-state index contributed by atoms with van der Waals surface area (Å²) in [7, 11) is 1.40. The lowest BCUT2D eigenvalue weighted by Crippen LogP contribution is -2.32. The highest BCUT2D eigenvalue weighted by atomic mass is 19.4. The highest BCUT2D eigenvalue weighted by Gasteiger charge is 2.38. The van der Waals surface area contributed by atoms with Crippen LogP contribution in [0.15, 0.2) is 12.3 Å². The zero-order chi connectivity index (χ0) is 17.4. The van der Waals surface area contributed by atoms with Crippen LogP contribution in [0.25, 0.3) is 11.3 Å². The summed E-state index contributed by atoms with van der Waals surface area (Å²) in [4.78, 5) is 10.8. The molecule has 2 aromatic rings. The van der Waals surface area contributed by atoms with Crippen molar-refractivity contribution in [2.24, 2.45) is 12.8 Å². The molecule has 2 aromatic heterocycles. The van der Waals surface area contributed by atoms with Gasteiger partial charge >= 0.3 is 12.2 Å². The predicted molar refractivity (Wildman–Crippen MR) is 75.1 cm³/mol. The Morgan fingerprint density at radius 3 is 2.57 bits per heavy atom. The van der Waals surface area contributed by atoms with Gasteiger partial charge in [0.2, 0.25) is 0 Å². The van der Waals surface area contributed by atoms with E-state index < -0.39 is 23.9 Å². The zero-order valence-corrected chi connectivity index (χ0v) is 12.6. The molecule has 7 nitrogen and oxygen atoms in total. The van der Waals surface area contributed by atoms with Crippen molar-refractivity contribution >= 4 is 6.03 Å². The SMILES string of the molecule is Cc1cc(C(C)NC(N)=O)nnc1-c1cn(C)nc1C(F)(F)F. The molecule has 10 heteroatoms. The number of hydrogen-bond acceptors (Lipinski definition) is 4. The number of alkyl halides is 3. The molecule has 124 valence electrons. The van der Waals surface area contributed by atoms with Crippen molar-refractivity contribution in [2.45, 2.75) is 26.1 Å². The van der Waals surface area contributed by atoms with Crippen LogP contribution in [-0.2, 0) is 13.2 Å². The maximum atomic E-state index is 13.0. The summed E-state index contributed by atoms with van der Waals surface area (Å²) in [5, 5.41) is 13.6. The van der Waals surface area contributed by atoms with E-state index in [1.165, 1.54) is 13.2 Å². The van der Waals surface area contributed by atoms with Gasteiger partial charge in [-0.1, -0.05) is 0 Å². The molecule has 0 bridgehead atoms. The van der Waals surface area contributed by atoms with E-state index in [1.807, 2.05) is 0 Å². The summed E-state index contributed by atoms with van der Waals surface area (Å²) in [6.07, 6.45) is -3.35. The van der Waals surface area contributed by atoms with Crippen LogP contribution in [0.2, 0.25) is 0 Å². The first-order valence-electron chi connectivity index (χ1n) is 6.61. The van der Waals surface area contributed by atoms with Crippen molar-refractivity contribution in [2.75, 3.05) is 0 Å². The van der Waals surface area contributed by atoms with Gasteiger partial charge in [-0.05, 0) is 25.5 Å². The summed E-state index contributed by atoms with van der Waals surface area (Å²) < 4.78 is 40.2. The van der Waals surface area contributed by atoms with Crippen molar-refractivity contribution in [3.05, 3.63) is 29.2 Å². The van der Waals surface area contributed by atoms with Gasteiger partial charge < -0.3 is 11.1 Å². The van der Waals surface area contributed by atoms with Gasteiger partial charge in [0.15, 0.2) is 5.69 Å². The average Bonchev–Trinajstić information content (AvgIpc) is 2.79. The molecule has 0 fully saturated rings. The largest absolute Gasteiger partial charge is 0.435 e. The Morgan fingerprint density at radius 2 is 2.04 bits per heavy atom. The third kappa shape index (κ3) is 3.58. The number of rotatable bonds is 3. The summed E-state index contributed by atoms with van der Waals surface area (Å²) in [6.45, 7) is 3.25. The molecular weight excluding hydrogens is 313 g/mol. The number of nitrogens with one attached hydrogen (secondary N) is 1. The minimum atomic E-state index is -4.59. The standard InChI is InChI=1S/C13H15F3N6O/c1-6-4-9(7(2)18-12(17)23)19-20-10(6)8-5-22(3)21-11(8)13(14,15)16/h4-5,7H,1-3H3,(H3,17,18,23). The molecule has 3 N–H and O–H groups in total. The normalized spacial score (nSPS) is 13.0. The van der Waals surface area contributed by atoms with Gasteiger partial charge in [-0.25, -0.2) is 4.79 Å². The minimum Gasteiger partial charge on any atom is -0.352 e. The zero-order valence-electron chi connectivity index (χ0n) is 12.6. The van der Waals surface area contributed by atoms with Gasteiger partial charge in [0.05, 0.1) is 23.0 Å². The summed E-state index contributed by atoms with van der Waals surface area (Å²) in [5.74, 6) is 0. The quantitative estimate of drug-likeness (QED) is 0.899. The van der Waals surface area contributed by atoms with Crippen molar-refractivity contribution in [1.82, 2.24) is 25.3 Å². The van der Waals surface area contributed by atoms with Crippen LogP contribution >= 0.6 is 0 Å². The third-order valence-electron chi connectivity index (χ3n) is 3.16. The van der Waals surface area contributed by atoms with Crippen molar-refractivity contribution < 1.29 is 18.0 Å². The Balaban J connectivity index is 2.45. The number of aromatic nitrogens is 4. The van der Waals surface area contributed by atoms with Crippen LogP contribution in [0.4, 0.5) is 18.0 Å². The fraction of sp³-hybridized carbons (Fsp3) is 0.385. The second kappa shape index (κ2) is 5.86. The lowest BCUT2D eigenvalue weighted by atomic mass is 10.1. The number of aryl methyl sites for hydroxylation is 2. The molecule has 0 saturated carbocycles. The molecule has 0 aliphatic rings. The number of nitrogens with zero attached hydrogens (tertiary/aromatic N) is 4. The number of carbonyl (C=O) groups excluding carboxylic acids is 1. The van der Waals surface area contributed by atoms with Gasteiger partial charge in [-0.3, -0.25) is 4.68 Å². The summed E-state index contributed by atoms with van der Waals surface area (Å²) >= 11 is 0. The van der Waals surface area contributed by atoms with Crippen LogP contribution in [0, 0.1) is 6.92 Å². The van der Waals surface area contributed by atoms with E-state index >= 15 is 0 Å². The summed E-state index contributed by atoms with van der Waals surface area (Å²) in [5.41, 5.74) is 4.81. The molecule has 0 aromatic carbocycles. The van der Waals surface area contributed by atoms with Gasteiger partial charge in [0, 0.05) is 13.2 Å². The molecule has 0 spiro atoms. The number of carbonyl (C=O) groups is 1. The second-order valence-electron chi connectivity index (χ2n) is 5.09. The Kier molecular flexibility index (Phi) is 4.26. The van der Waals surface area contributed by atoms with E-state index in [-0.39, 0.29) is 11.3 Å². The molecule has 2 heterocycles. The average molecular weight is 328 g/mol.